The Hall–Kier alpha value is -2.67. The van der Waals surface area contributed by atoms with E-state index in [4.69, 9.17) is 4.98 Å². The van der Waals surface area contributed by atoms with Crippen LogP contribution in [0.15, 0.2) is 66.7 Å². The van der Waals surface area contributed by atoms with Crippen LogP contribution in [0.25, 0.3) is 32.9 Å². The van der Waals surface area contributed by atoms with Crippen LogP contribution in [-0.4, -0.2) is 4.98 Å². The number of pyridine rings is 1. The molecule has 1 saturated carbocycles. The summed E-state index contributed by atoms with van der Waals surface area (Å²) in [6, 6.07) is 24.1. The predicted molar refractivity (Wildman–Crippen MR) is 104 cm³/mol. The van der Waals surface area contributed by atoms with Crippen LogP contribution in [0.4, 0.5) is 0 Å². The standard InChI is InChI=1S/C24H19N/c1-2-6-15(7-3-1)24-23-19-11-10-18(12-19)22(23)20-13-16-8-4-5-9-17(16)14-21(20)25-24/h1-9,13-14,18-19H,10-12H2. The normalized spacial score (nSPS) is 21.1. The Morgan fingerprint density at radius 2 is 1.40 bits per heavy atom. The van der Waals surface area contributed by atoms with Gasteiger partial charge in [-0.15, -0.1) is 0 Å². The summed E-state index contributed by atoms with van der Waals surface area (Å²) in [7, 11) is 0. The second kappa shape index (κ2) is 4.92. The summed E-state index contributed by atoms with van der Waals surface area (Å²) >= 11 is 0. The van der Waals surface area contributed by atoms with Crippen molar-refractivity contribution in [2.45, 2.75) is 31.1 Å². The zero-order valence-corrected chi connectivity index (χ0v) is 14.1. The van der Waals surface area contributed by atoms with Gasteiger partial charge >= 0.3 is 0 Å². The Bertz CT molecular complexity index is 1130. The number of hydrogen-bond donors (Lipinski definition) is 0. The van der Waals surface area contributed by atoms with E-state index in [1.807, 2.05) is 0 Å². The summed E-state index contributed by atoms with van der Waals surface area (Å²) in [5, 5.41) is 4.00. The molecule has 0 aliphatic heterocycles. The molecule has 0 saturated heterocycles. The molecule has 6 rings (SSSR count). The Kier molecular flexibility index (Phi) is 2.68. The second-order valence-corrected chi connectivity index (χ2v) is 7.58. The van der Waals surface area contributed by atoms with E-state index in [1.165, 1.54) is 46.7 Å². The fourth-order valence-corrected chi connectivity index (χ4v) is 5.16. The average Bonchev–Trinajstić information content (AvgIpc) is 3.29. The van der Waals surface area contributed by atoms with E-state index in [2.05, 4.69) is 66.7 Å². The summed E-state index contributed by atoms with van der Waals surface area (Å²) in [4.78, 5) is 5.19. The maximum absolute atomic E-state index is 5.19. The first kappa shape index (κ1) is 13.6. The number of benzene rings is 3. The molecule has 4 aromatic rings. The zero-order chi connectivity index (χ0) is 16.4. The van der Waals surface area contributed by atoms with Crippen molar-refractivity contribution in [2.24, 2.45) is 0 Å². The van der Waals surface area contributed by atoms with Gasteiger partial charge in [-0.3, -0.25) is 0 Å². The molecule has 2 unspecified atom stereocenters. The van der Waals surface area contributed by atoms with Gasteiger partial charge in [-0.25, -0.2) is 4.98 Å². The van der Waals surface area contributed by atoms with E-state index in [1.54, 1.807) is 11.1 Å². The van der Waals surface area contributed by atoms with Crippen molar-refractivity contribution in [1.29, 1.82) is 0 Å². The monoisotopic (exact) mass is 321 g/mol. The molecule has 1 aromatic heterocycles. The minimum Gasteiger partial charge on any atom is -0.247 e. The molecule has 0 N–H and O–H groups in total. The van der Waals surface area contributed by atoms with Crippen LogP contribution >= 0.6 is 0 Å². The van der Waals surface area contributed by atoms with Gasteiger partial charge in [0.15, 0.2) is 0 Å². The quantitative estimate of drug-likeness (QED) is 0.369. The van der Waals surface area contributed by atoms with Gasteiger partial charge in [0.1, 0.15) is 0 Å². The van der Waals surface area contributed by atoms with Crippen LogP contribution in [0, 0.1) is 0 Å². The first-order valence-electron chi connectivity index (χ1n) is 9.30. The first-order valence-corrected chi connectivity index (χ1v) is 9.30. The molecule has 2 aliphatic rings. The van der Waals surface area contributed by atoms with Crippen LogP contribution in [0.5, 0.6) is 0 Å². The van der Waals surface area contributed by atoms with Gasteiger partial charge in [-0.05, 0) is 65.1 Å². The molecule has 1 heteroatoms. The SMILES string of the molecule is c1ccc(-c2nc3cc4ccccc4cc3c3c2C2CCC3C2)cc1. The first-order chi connectivity index (χ1) is 12.4. The van der Waals surface area contributed by atoms with Crippen molar-refractivity contribution in [3.05, 3.63) is 77.9 Å². The van der Waals surface area contributed by atoms with E-state index in [9.17, 15) is 0 Å². The molecule has 1 nitrogen and oxygen atoms in total. The van der Waals surface area contributed by atoms with Crippen LogP contribution < -0.4 is 0 Å². The van der Waals surface area contributed by atoms with Crippen molar-refractivity contribution in [1.82, 2.24) is 4.98 Å². The predicted octanol–water partition coefficient (Wildman–Crippen LogP) is 6.42. The van der Waals surface area contributed by atoms with Crippen molar-refractivity contribution in [3.8, 4) is 11.3 Å². The maximum atomic E-state index is 5.19. The Labute approximate surface area is 147 Å². The number of nitrogens with zero attached hydrogens (tertiary/aromatic N) is 1. The van der Waals surface area contributed by atoms with Crippen LogP contribution in [0.3, 0.4) is 0 Å². The van der Waals surface area contributed by atoms with Gasteiger partial charge < -0.3 is 0 Å². The molecule has 0 spiro atoms. The van der Waals surface area contributed by atoms with Gasteiger partial charge in [0.05, 0.1) is 11.2 Å². The number of rotatable bonds is 1. The number of aromatic nitrogens is 1. The van der Waals surface area contributed by atoms with Gasteiger partial charge in [0.2, 0.25) is 0 Å². The molecule has 3 aromatic carbocycles. The van der Waals surface area contributed by atoms with E-state index in [0.29, 0.717) is 5.92 Å². The highest BCUT2D eigenvalue weighted by Crippen LogP contribution is 2.57. The van der Waals surface area contributed by atoms with Crippen LogP contribution in [-0.2, 0) is 0 Å². The maximum Gasteiger partial charge on any atom is 0.0747 e. The smallest absolute Gasteiger partial charge is 0.0747 e. The highest BCUT2D eigenvalue weighted by atomic mass is 14.7. The Morgan fingerprint density at radius 1 is 0.720 bits per heavy atom. The summed E-state index contributed by atoms with van der Waals surface area (Å²) in [5.74, 6) is 1.44. The molecule has 1 fully saturated rings. The van der Waals surface area contributed by atoms with Gasteiger partial charge in [-0.2, -0.15) is 0 Å². The molecule has 0 amide bonds. The zero-order valence-electron chi connectivity index (χ0n) is 14.1. The minimum atomic E-state index is 0.707. The van der Waals surface area contributed by atoms with Gasteiger partial charge in [0.25, 0.3) is 0 Å². The molecular weight excluding hydrogens is 302 g/mol. The molecule has 0 radical (unpaired) electrons. The van der Waals surface area contributed by atoms with Crippen molar-refractivity contribution < 1.29 is 0 Å². The second-order valence-electron chi connectivity index (χ2n) is 7.58. The number of fused-ring (bicyclic) bond motifs is 8. The molecule has 2 bridgehead atoms. The minimum absolute atomic E-state index is 0.707. The summed E-state index contributed by atoms with van der Waals surface area (Å²) in [5.41, 5.74) is 6.80. The average molecular weight is 321 g/mol. The lowest BCUT2D eigenvalue weighted by atomic mass is 9.86. The fraction of sp³-hybridized carbons (Fsp3) is 0.208. The van der Waals surface area contributed by atoms with Crippen LogP contribution in [0.1, 0.15) is 42.2 Å². The Balaban J connectivity index is 1.76. The van der Waals surface area contributed by atoms with Gasteiger partial charge in [0, 0.05) is 10.9 Å². The third-order valence-corrected chi connectivity index (χ3v) is 6.23. The third kappa shape index (κ3) is 1.87. The van der Waals surface area contributed by atoms with Gasteiger partial charge in [-0.1, -0.05) is 54.6 Å². The van der Waals surface area contributed by atoms with E-state index >= 15 is 0 Å². The molecule has 25 heavy (non-hydrogen) atoms. The highest BCUT2D eigenvalue weighted by molar-refractivity contribution is 6.00. The lowest BCUT2D eigenvalue weighted by Crippen LogP contribution is -2.04. The number of hydrogen-bond acceptors (Lipinski definition) is 1. The van der Waals surface area contributed by atoms with E-state index < -0.39 is 0 Å². The molecule has 120 valence electrons. The highest BCUT2D eigenvalue weighted by Gasteiger charge is 2.40. The van der Waals surface area contributed by atoms with Crippen LogP contribution in [0.2, 0.25) is 0 Å². The summed E-state index contributed by atoms with van der Waals surface area (Å²) in [6.07, 6.45) is 4.00. The van der Waals surface area contributed by atoms with Crippen molar-refractivity contribution >= 4 is 21.7 Å². The lowest BCUT2D eigenvalue weighted by Gasteiger charge is -2.21. The third-order valence-electron chi connectivity index (χ3n) is 6.23. The molecule has 2 atom stereocenters. The van der Waals surface area contributed by atoms with E-state index in [-0.39, 0.29) is 0 Å². The van der Waals surface area contributed by atoms with Crippen molar-refractivity contribution in [3.63, 3.8) is 0 Å². The summed E-state index contributed by atoms with van der Waals surface area (Å²) in [6.45, 7) is 0. The van der Waals surface area contributed by atoms with Crippen molar-refractivity contribution in [2.75, 3.05) is 0 Å². The molecule has 2 aliphatic carbocycles. The topological polar surface area (TPSA) is 12.9 Å². The molecule has 1 heterocycles. The fourth-order valence-electron chi connectivity index (χ4n) is 5.16. The lowest BCUT2D eigenvalue weighted by molar-refractivity contribution is 0.720. The largest absolute Gasteiger partial charge is 0.247 e. The van der Waals surface area contributed by atoms with E-state index in [0.717, 1.165) is 11.4 Å². The Morgan fingerprint density at radius 3 is 2.20 bits per heavy atom. The summed E-state index contributed by atoms with van der Waals surface area (Å²) < 4.78 is 0. The molecular formula is C24H19N.